The molecule has 1 aromatic heterocycles. The van der Waals surface area contributed by atoms with Crippen LogP contribution in [-0.4, -0.2) is 29.0 Å². The number of hydrogen-bond donors (Lipinski definition) is 1. The molecule has 1 amide bonds. The summed E-state index contributed by atoms with van der Waals surface area (Å²) in [5, 5.41) is 2.88. The van der Waals surface area contributed by atoms with Crippen molar-refractivity contribution in [2.24, 2.45) is 5.92 Å². The van der Waals surface area contributed by atoms with Crippen molar-refractivity contribution in [2.45, 2.75) is 33.1 Å². The zero-order valence-electron chi connectivity index (χ0n) is 14.3. The molecule has 24 heavy (non-hydrogen) atoms. The van der Waals surface area contributed by atoms with Gasteiger partial charge in [0.15, 0.2) is 0 Å². The van der Waals surface area contributed by atoms with E-state index in [9.17, 15) is 4.79 Å². The number of carbonyl (C=O) groups excluding carboxylic acids is 1. The highest BCUT2D eigenvalue weighted by Crippen LogP contribution is 2.19. The molecule has 0 spiro atoms. The van der Waals surface area contributed by atoms with Crippen LogP contribution in [-0.2, 0) is 6.42 Å². The highest BCUT2D eigenvalue weighted by Gasteiger charge is 2.19. The molecule has 1 fully saturated rings. The Morgan fingerprint density at radius 2 is 1.96 bits per heavy atom. The zero-order valence-corrected chi connectivity index (χ0v) is 14.3. The van der Waals surface area contributed by atoms with Gasteiger partial charge in [-0.15, -0.1) is 0 Å². The number of benzene rings is 1. The zero-order chi connectivity index (χ0) is 16.9. The van der Waals surface area contributed by atoms with Crippen LogP contribution in [0.3, 0.4) is 0 Å². The monoisotopic (exact) mass is 324 g/mol. The third-order valence-electron chi connectivity index (χ3n) is 4.46. The molecule has 3 rings (SSSR count). The van der Waals surface area contributed by atoms with Gasteiger partial charge < -0.3 is 10.2 Å². The van der Waals surface area contributed by atoms with Crippen molar-refractivity contribution in [1.82, 2.24) is 9.97 Å². The molecule has 1 aliphatic heterocycles. The van der Waals surface area contributed by atoms with Crippen LogP contribution in [0, 0.1) is 5.92 Å². The van der Waals surface area contributed by atoms with Gasteiger partial charge in [0, 0.05) is 31.2 Å². The molecule has 5 heteroatoms. The van der Waals surface area contributed by atoms with Gasteiger partial charge in [0.05, 0.1) is 5.56 Å². The molecule has 1 aromatic carbocycles. The minimum absolute atomic E-state index is 0.183. The Morgan fingerprint density at radius 3 is 2.58 bits per heavy atom. The average molecular weight is 324 g/mol. The fourth-order valence-corrected chi connectivity index (χ4v) is 3.00. The first-order valence-corrected chi connectivity index (χ1v) is 8.63. The van der Waals surface area contributed by atoms with Crippen molar-refractivity contribution in [1.29, 1.82) is 0 Å². The topological polar surface area (TPSA) is 58.1 Å². The lowest BCUT2D eigenvalue weighted by Crippen LogP contribution is -2.35. The summed E-state index contributed by atoms with van der Waals surface area (Å²) in [5.41, 5.74) is 2.51. The van der Waals surface area contributed by atoms with E-state index in [-0.39, 0.29) is 5.91 Å². The van der Waals surface area contributed by atoms with Crippen LogP contribution in [0.2, 0.25) is 0 Å². The number of amides is 1. The summed E-state index contributed by atoms with van der Waals surface area (Å²) in [4.78, 5) is 23.3. The first-order chi connectivity index (χ1) is 11.7. The maximum atomic E-state index is 12.3. The van der Waals surface area contributed by atoms with Gasteiger partial charge in [-0.25, -0.2) is 9.97 Å². The Balaban J connectivity index is 1.64. The SMILES string of the molecule is CCc1ccc(NC(=O)c2cnc(N3CCCC(C)C3)nc2)cc1. The van der Waals surface area contributed by atoms with E-state index in [0.29, 0.717) is 17.4 Å². The normalized spacial score (nSPS) is 17.6. The smallest absolute Gasteiger partial charge is 0.258 e. The van der Waals surface area contributed by atoms with E-state index in [0.717, 1.165) is 25.2 Å². The van der Waals surface area contributed by atoms with Gasteiger partial charge in [-0.3, -0.25) is 4.79 Å². The Morgan fingerprint density at radius 1 is 1.25 bits per heavy atom. The highest BCUT2D eigenvalue weighted by atomic mass is 16.1. The number of nitrogens with one attached hydrogen (secondary N) is 1. The maximum absolute atomic E-state index is 12.3. The largest absolute Gasteiger partial charge is 0.341 e. The Hall–Kier alpha value is -2.43. The standard InChI is InChI=1S/C19H24N4O/c1-3-15-6-8-17(9-7-15)22-18(24)16-11-20-19(21-12-16)23-10-4-5-14(2)13-23/h6-9,11-12,14H,3-5,10,13H2,1-2H3,(H,22,24). The fraction of sp³-hybridized carbons (Fsp3) is 0.421. The summed E-state index contributed by atoms with van der Waals surface area (Å²) in [6, 6.07) is 7.88. The molecular formula is C19H24N4O. The van der Waals surface area contributed by atoms with Crippen molar-refractivity contribution in [2.75, 3.05) is 23.3 Å². The summed E-state index contributed by atoms with van der Waals surface area (Å²) in [7, 11) is 0. The number of nitrogens with zero attached hydrogens (tertiary/aromatic N) is 3. The Kier molecular flexibility index (Phi) is 5.08. The molecule has 2 heterocycles. The van der Waals surface area contributed by atoms with E-state index in [1.807, 2.05) is 24.3 Å². The summed E-state index contributed by atoms with van der Waals surface area (Å²) in [5.74, 6) is 1.19. The number of aromatic nitrogens is 2. The lowest BCUT2D eigenvalue weighted by molar-refractivity contribution is 0.102. The van der Waals surface area contributed by atoms with Crippen molar-refractivity contribution >= 4 is 17.5 Å². The second-order valence-electron chi connectivity index (χ2n) is 6.47. The molecule has 1 unspecified atom stereocenters. The molecule has 0 aliphatic carbocycles. The second kappa shape index (κ2) is 7.43. The van der Waals surface area contributed by atoms with Gasteiger partial charge in [-0.2, -0.15) is 0 Å². The second-order valence-corrected chi connectivity index (χ2v) is 6.47. The number of anilines is 2. The molecule has 5 nitrogen and oxygen atoms in total. The number of aryl methyl sites for hydroxylation is 1. The van der Waals surface area contributed by atoms with Crippen molar-refractivity contribution in [3.05, 3.63) is 47.8 Å². The van der Waals surface area contributed by atoms with Crippen molar-refractivity contribution in [3.63, 3.8) is 0 Å². The lowest BCUT2D eigenvalue weighted by atomic mass is 10.0. The predicted molar refractivity (Wildman–Crippen MR) is 96.4 cm³/mol. The van der Waals surface area contributed by atoms with E-state index in [1.54, 1.807) is 12.4 Å². The first kappa shape index (κ1) is 16.4. The number of hydrogen-bond acceptors (Lipinski definition) is 4. The average Bonchev–Trinajstić information content (AvgIpc) is 2.62. The Bertz CT molecular complexity index is 682. The summed E-state index contributed by atoms with van der Waals surface area (Å²) < 4.78 is 0. The van der Waals surface area contributed by atoms with Crippen LogP contribution >= 0.6 is 0 Å². The molecule has 0 radical (unpaired) electrons. The lowest BCUT2D eigenvalue weighted by Gasteiger charge is -2.30. The molecular weight excluding hydrogens is 300 g/mol. The van der Waals surface area contributed by atoms with Gasteiger partial charge in [0.1, 0.15) is 0 Å². The van der Waals surface area contributed by atoms with E-state index < -0.39 is 0 Å². The first-order valence-electron chi connectivity index (χ1n) is 8.63. The van der Waals surface area contributed by atoms with E-state index in [1.165, 1.54) is 18.4 Å². The van der Waals surface area contributed by atoms with E-state index in [2.05, 4.69) is 34.0 Å². The summed E-state index contributed by atoms with van der Waals surface area (Å²) in [6.07, 6.45) is 6.63. The van der Waals surface area contributed by atoms with Gasteiger partial charge in [-0.05, 0) is 42.9 Å². The third kappa shape index (κ3) is 3.91. The van der Waals surface area contributed by atoms with Crippen LogP contribution in [0.1, 0.15) is 42.6 Å². The summed E-state index contributed by atoms with van der Waals surface area (Å²) in [6.45, 7) is 6.32. The highest BCUT2D eigenvalue weighted by molar-refractivity contribution is 6.03. The predicted octanol–water partition coefficient (Wildman–Crippen LogP) is 3.53. The van der Waals surface area contributed by atoms with E-state index >= 15 is 0 Å². The molecule has 0 bridgehead atoms. The quantitative estimate of drug-likeness (QED) is 0.935. The molecule has 126 valence electrons. The molecule has 1 saturated heterocycles. The van der Waals surface area contributed by atoms with Crippen LogP contribution in [0.25, 0.3) is 0 Å². The maximum Gasteiger partial charge on any atom is 0.258 e. The molecule has 1 atom stereocenters. The van der Waals surface area contributed by atoms with E-state index in [4.69, 9.17) is 0 Å². The molecule has 2 aromatic rings. The molecule has 0 saturated carbocycles. The third-order valence-corrected chi connectivity index (χ3v) is 4.46. The Labute approximate surface area is 143 Å². The van der Waals surface area contributed by atoms with Crippen molar-refractivity contribution < 1.29 is 4.79 Å². The number of rotatable bonds is 4. The van der Waals surface area contributed by atoms with Crippen molar-refractivity contribution in [3.8, 4) is 0 Å². The van der Waals surface area contributed by atoms with Gasteiger partial charge in [0.25, 0.3) is 5.91 Å². The fourth-order valence-electron chi connectivity index (χ4n) is 3.00. The molecule has 1 N–H and O–H groups in total. The van der Waals surface area contributed by atoms with Crippen LogP contribution in [0.15, 0.2) is 36.7 Å². The molecule has 1 aliphatic rings. The van der Waals surface area contributed by atoms with Gasteiger partial charge in [0.2, 0.25) is 5.95 Å². The number of piperidine rings is 1. The minimum atomic E-state index is -0.183. The van der Waals surface area contributed by atoms with Crippen LogP contribution in [0.5, 0.6) is 0 Å². The number of carbonyl (C=O) groups is 1. The minimum Gasteiger partial charge on any atom is -0.341 e. The van der Waals surface area contributed by atoms with Crippen LogP contribution in [0.4, 0.5) is 11.6 Å². The van der Waals surface area contributed by atoms with Crippen LogP contribution < -0.4 is 10.2 Å². The van der Waals surface area contributed by atoms with Gasteiger partial charge >= 0.3 is 0 Å². The van der Waals surface area contributed by atoms with Gasteiger partial charge in [-0.1, -0.05) is 26.0 Å². The summed E-state index contributed by atoms with van der Waals surface area (Å²) >= 11 is 0.